The molecular formula is C13H26GeO. The van der Waals surface area contributed by atoms with Crippen LogP contribution in [0.3, 0.4) is 0 Å². The van der Waals surface area contributed by atoms with Crippen molar-refractivity contribution in [2.45, 2.75) is 61.0 Å². The number of rotatable bonds is 6. The molecule has 1 nitrogen and oxygen atoms in total. The molecule has 0 spiro atoms. The maximum atomic E-state index is 5.13. The molecule has 0 aliphatic rings. The van der Waals surface area contributed by atoms with E-state index in [1.807, 2.05) is 0 Å². The third kappa shape index (κ3) is 3.45. The maximum absolute atomic E-state index is 5.13. The summed E-state index contributed by atoms with van der Waals surface area (Å²) >= 11 is -1.85. The second-order valence-electron chi connectivity index (χ2n) is 5.29. The predicted octanol–water partition coefficient (Wildman–Crippen LogP) is 4.27. The van der Waals surface area contributed by atoms with E-state index in [-0.39, 0.29) is 0 Å². The van der Waals surface area contributed by atoms with Crippen molar-refractivity contribution in [3.63, 3.8) is 0 Å². The van der Waals surface area contributed by atoms with Gasteiger partial charge >= 0.3 is 98.2 Å². The Morgan fingerprint density at radius 2 is 1.40 bits per heavy atom. The third-order valence-electron chi connectivity index (χ3n) is 3.95. The first kappa shape index (κ1) is 14.9. The van der Waals surface area contributed by atoms with Gasteiger partial charge in [0.1, 0.15) is 0 Å². The summed E-state index contributed by atoms with van der Waals surface area (Å²) in [5.41, 5.74) is 0. The van der Waals surface area contributed by atoms with E-state index in [9.17, 15) is 0 Å². The molecule has 0 rings (SSSR count). The predicted molar refractivity (Wildman–Crippen MR) is 70.6 cm³/mol. The Morgan fingerprint density at radius 1 is 1.00 bits per heavy atom. The van der Waals surface area contributed by atoms with Crippen LogP contribution in [-0.2, 0) is 4.74 Å². The number of terminal acetylenes is 1. The fourth-order valence-corrected chi connectivity index (χ4v) is 16.1. The standard InChI is InChI=1S/C13H26GeO/c1-8-15-10-9-14(11(2)3,12(4)5)13(6)7/h1,11-13H,9-10H2,2-7H3. The van der Waals surface area contributed by atoms with Crippen LogP contribution in [0.1, 0.15) is 41.5 Å². The van der Waals surface area contributed by atoms with Crippen molar-refractivity contribution in [3.05, 3.63) is 0 Å². The first-order valence-electron chi connectivity index (χ1n) is 5.97. The van der Waals surface area contributed by atoms with Gasteiger partial charge in [-0.25, -0.2) is 0 Å². The Hall–Kier alpha value is -0.0971. The second kappa shape index (κ2) is 6.48. The molecule has 0 saturated carbocycles. The van der Waals surface area contributed by atoms with Crippen LogP contribution in [0.5, 0.6) is 0 Å². The minimum absolute atomic E-state index is 0.755. The van der Waals surface area contributed by atoms with Crippen LogP contribution in [0.4, 0.5) is 0 Å². The summed E-state index contributed by atoms with van der Waals surface area (Å²) in [4.78, 5) is 0. The van der Waals surface area contributed by atoms with Gasteiger partial charge in [-0.15, -0.1) is 0 Å². The molecule has 0 bridgehead atoms. The molecule has 0 fully saturated rings. The molecule has 15 heavy (non-hydrogen) atoms. The molecule has 0 atom stereocenters. The average Bonchev–Trinajstić information content (AvgIpc) is 2.10. The first-order chi connectivity index (χ1) is 6.89. The van der Waals surface area contributed by atoms with Crippen molar-refractivity contribution in [3.8, 4) is 12.5 Å². The Balaban J connectivity index is 4.74. The zero-order valence-electron chi connectivity index (χ0n) is 11.1. The van der Waals surface area contributed by atoms with E-state index in [1.165, 1.54) is 5.25 Å². The van der Waals surface area contributed by atoms with E-state index in [1.54, 1.807) is 0 Å². The summed E-state index contributed by atoms with van der Waals surface area (Å²) in [5, 5.41) is 1.23. The quantitative estimate of drug-likeness (QED) is 0.398. The number of ether oxygens (including phenoxy) is 1. The topological polar surface area (TPSA) is 9.23 Å². The van der Waals surface area contributed by atoms with Crippen LogP contribution in [0.25, 0.3) is 0 Å². The van der Waals surface area contributed by atoms with Crippen molar-refractivity contribution >= 4 is 13.3 Å². The monoisotopic (exact) mass is 272 g/mol. The third-order valence-corrected chi connectivity index (χ3v) is 19.7. The van der Waals surface area contributed by atoms with Crippen molar-refractivity contribution in [2.75, 3.05) is 6.61 Å². The van der Waals surface area contributed by atoms with Gasteiger partial charge < -0.3 is 0 Å². The van der Waals surface area contributed by atoms with E-state index in [4.69, 9.17) is 11.2 Å². The summed E-state index contributed by atoms with van der Waals surface area (Å²) in [5.74, 6) is 0. The van der Waals surface area contributed by atoms with Gasteiger partial charge in [-0.05, 0) is 0 Å². The molecule has 0 heterocycles. The van der Waals surface area contributed by atoms with Crippen LogP contribution in [0.2, 0.25) is 19.5 Å². The van der Waals surface area contributed by atoms with Gasteiger partial charge in [-0.3, -0.25) is 0 Å². The molecule has 0 amide bonds. The molecule has 0 unspecified atom stereocenters. The molecule has 0 aliphatic carbocycles. The van der Waals surface area contributed by atoms with Gasteiger partial charge in [0, 0.05) is 0 Å². The van der Waals surface area contributed by atoms with Gasteiger partial charge in [-0.1, -0.05) is 0 Å². The summed E-state index contributed by atoms with van der Waals surface area (Å²) < 4.78 is 7.63. The van der Waals surface area contributed by atoms with Crippen LogP contribution in [-0.4, -0.2) is 19.9 Å². The molecule has 0 aliphatic heterocycles. The molecule has 0 aromatic heterocycles. The van der Waals surface area contributed by atoms with Gasteiger partial charge in [0.2, 0.25) is 0 Å². The SMILES string of the molecule is C#COC[CH2][Ge]([CH](C)C)([CH](C)C)[CH](C)C. The molecule has 88 valence electrons. The Labute approximate surface area is 98.3 Å². The Bertz CT molecular complexity index is 191. The van der Waals surface area contributed by atoms with Gasteiger partial charge in [0.25, 0.3) is 0 Å². The van der Waals surface area contributed by atoms with E-state index >= 15 is 0 Å². The zero-order valence-corrected chi connectivity index (χ0v) is 13.2. The van der Waals surface area contributed by atoms with Crippen molar-refractivity contribution in [2.24, 2.45) is 0 Å². The van der Waals surface area contributed by atoms with Crippen LogP contribution in [0, 0.1) is 12.5 Å². The van der Waals surface area contributed by atoms with Crippen LogP contribution < -0.4 is 0 Å². The van der Waals surface area contributed by atoms with Gasteiger partial charge in [0.05, 0.1) is 0 Å². The molecular weight excluding hydrogens is 245 g/mol. The number of hydrogen-bond donors (Lipinski definition) is 0. The average molecular weight is 271 g/mol. The van der Waals surface area contributed by atoms with Crippen LogP contribution >= 0.6 is 0 Å². The molecule has 2 heteroatoms. The summed E-state index contributed by atoms with van der Waals surface area (Å²) in [6.07, 6.45) is 7.42. The molecule has 0 aromatic carbocycles. The molecule has 0 radical (unpaired) electrons. The van der Waals surface area contributed by atoms with E-state index < -0.39 is 13.3 Å². The van der Waals surface area contributed by atoms with E-state index in [2.05, 4.69) is 47.6 Å². The van der Waals surface area contributed by atoms with Gasteiger partial charge in [0.15, 0.2) is 0 Å². The summed E-state index contributed by atoms with van der Waals surface area (Å²) in [6.45, 7) is 15.1. The minimum atomic E-state index is -1.85. The van der Waals surface area contributed by atoms with Crippen molar-refractivity contribution in [1.82, 2.24) is 0 Å². The fourth-order valence-electron chi connectivity index (χ4n) is 3.15. The molecule has 0 saturated heterocycles. The normalized spacial score (nSPS) is 12.3. The fraction of sp³-hybridized carbons (Fsp3) is 0.846. The Morgan fingerprint density at radius 3 is 1.67 bits per heavy atom. The van der Waals surface area contributed by atoms with Crippen molar-refractivity contribution in [1.29, 1.82) is 0 Å². The Kier molecular flexibility index (Phi) is 6.44. The summed E-state index contributed by atoms with van der Waals surface area (Å²) in [6, 6.07) is 0. The number of hydrogen-bond acceptors (Lipinski definition) is 1. The molecule has 0 N–H and O–H groups in total. The van der Waals surface area contributed by atoms with Crippen LogP contribution in [0.15, 0.2) is 0 Å². The van der Waals surface area contributed by atoms with E-state index in [0.717, 1.165) is 20.9 Å². The first-order valence-corrected chi connectivity index (χ1v) is 11.1. The second-order valence-corrected chi connectivity index (χ2v) is 18.3. The van der Waals surface area contributed by atoms with Crippen molar-refractivity contribution < 1.29 is 4.74 Å². The zero-order chi connectivity index (χ0) is 12.1. The molecule has 0 aromatic rings. The van der Waals surface area contributed by atoms with E-state index in [0.29, 0.717) is 0 Å². The van der Waals surface area contributed by atoms with Gasteiger partial charge in [-0.2, -0.15) is 0 Å². The summed E-state index contributed by atoms with van der Waals surface area (Å²) in [7, 11) is 0.